The summed E-state index contributed by atoms with van der Waals surface area (Å²) >= 11 is 0. The minimum absolute atomic E-state index is 0.0000632. The highest BCUT2D eigenvalue weighted by Gasteiger charge is 2.80. The summed E-state index contributed by atoms with van der Waals surface area (Å²) in [5.41, 5.74) is 2.23. The monoisotopic (exact) mass is 612 g/mol. The summed E-state index contributed by atoms with van der Waals surface area (Å²) in [7, 11) is 0. The first kappa shape index (κ1) is 29.5. The van der Waals surface area contributed by atoms with Gasteiger partial charge < -0.3 is 14.6 Å². The highest BCUT2D eigenvalue weighted by atomic mass is 16.6. The predicted molar refractivity (Wildman–Crippen MR) is 173 cm³/mol. The molecule has 2 N–H and O–H groups in total. The van der Waals surface area contributed by atoms with Gasteiger partial charge in [0, 0.05) is 45.6 Å². The highest BCUT2D eigenvalue weighted by Crippen LogP contribution is 2.79. The highest BCUT2D eigenvalue weighted by molar-refractivity contribution is 5.95. The Balaban J connectivity index is 1.20. The molecule has 1 amide bonds. The van der Waals surface area contributed by atoms with E-state index in [0.29, 0.717) is 23.0 Å². The minimum atomic E-state index is -0.873. The van der Waals surface area contributed by atoms with Gasteiger partial charge in [-0.15, -0.1) is 0 Å². The summed E-state index contributed by atoms with van der Waals surface area (Å²) in [6, 6.07) is 11.4. The zero-order chi connectivity index (χ0) is 31.7. The van der Waals surface area contributed by atoms with Crippen LogP contribution in [0.3, 0.4) is 0 Å². The molecule has 2 heterocycles. The van der Waals surface area contributed by atoms with Gasteiger partial charge in [-0.3, -0.25) is 15.0 Å². The van der Waals surface area contributed by atoms with Gasteiger partial charge in [-0.05, 0) is 118 Å². The summed E-state index contributed by atoms with van der Waals surface area (Å²) in [5, 5.41) is 15.2. The molecule has 5 fully saturated rings. The van der Waals surface area contributed by atoms with Gasteiger partial charge in [-0.1, -0.05) is 33.8 Å². The van der Waals surface area contributed by atoms with Crippen molar-refractivity contribution in [3.63, 3.8) is 0 Å². The molecule has 7 heteroatoms. The van der Waals surface area contributed by atoms with Crippen molar-refractivity contribution in [3.05, 3.63) is 53.1 Å². The maximum atomic E-state index is 13.2. The number of piperidine rings is 1. The Morgan fingerprint density at radius 1 is 1.07 bits per heavy atom. The van der Waals surface area contributed by atoms with Crippen LogP contribution in [0.2, 0.25) is 0 Å². The number of aliphatic hydroxyl groups is 1. The number of nitrogens with zero attached hydrogens (tertiary/aromatic N) is 1. The van der Waals surface area contributed by atoms with E-state index in [4.69, 9.17) is 9.47 Å². The van der Waals surface area contributed by atoms with Gasteiger partial charge in [0.1, 0.15) is 6.10 Å². The first-order valence-electron chi connectivity index (χ1n) is 17.1. The molecular formula is C38H48N2O5. The SMILES string of the molecule is CC(=O)c1ccc(NC(=O)Oc2ccc3c4c2O[C@H]2[C@]5(C)CC[C@@]6(C[C@@H]5C(C)(O)C(C)(C)C)[C@@H](C3)N(CC3CC3)CC[C@]426)cc1. The molecular weight excluding hydrogens is 564 g/mol. The number of fused-ring (bicyclic) bond motifs is 2. The summed E-state index contributed by atoms with van der Waals surface area (Å²) in [6.45, 7) is 14.7. The van der Waals surface area contributed by atoms with Crippen molar-refractivity contribution in [3.8, 4) is 11.5 Å². The molecule has 0 aromatic heterocycles. The number of likely N-dealkylation sites (tertiary alicyclic amines) is 1. The molecule has 5 aliphatic carbocycles. The van der Waals surface area contributed by atoms with E-state index >= 15 is 0 Å². The number of benzene rings is 2. The third-order valence-corrected chi connectivity index (χ3v) is 13.7. The topological polar surface area (TPSA) is 88.1 Å². The fourth-order valence-electron chi connectivity index (χ4n) is 10.8. The summed E-state index contributed by atoms with van der Waals surface area (Å²) in [5.74, 6) is 2.09. The lowest BCUT2D eigenvalue weighted by atomic mass is 9.31. The van der Waals surface area contributed by atoms with Crippen molar-refractivity contribution in [2.75, 3.05) is 18.4 Å². The van der Waals surface area contributed by atoms with Crippen molar-refractivity contribution in [2.24, 2.45) is 28.1 Å². The van der Waals surface area contributed by atoms with E-state index in [0.717, 1.165) is 50.3 Å². The Kier molecular flexibility index (Phi) is 6.13. The average Bonchev–Trinajstić information content (AvgIpc) is 3.72. The van der Waals surface area contributed by atoms with Crippen LogP contribution in [-0.2, 0) is 11.8 Å². The minimum Gasteiger partial charge on any atom is -0.485 e. The zero-order valence-electron chi connectivity index (χ0n) is 27.7. The van der Waals surface area contributed by atoms with E-state index in [2.05, 4.69) is 50.9 Å². The van der Waals surface area contributed by atoms with Crippen LogP contribution in [0.4, 0.5) is 10.5 Å². The molecule has 7 nitrogen and oxygen atoms in total. The maximum Gasteiger partial charge on any atom is 0.417 e. The van der Waals surface area contributed by atoms with Crippen molar-refractivity contribution >= 4 is 17.6 Å². The van der Waals surface area contributed by atoms with Crippen LogP contribution in [0.25, 0.3) is 0 Å². The summed E-state index contributed by atoms with van der Waals surface area (Å²) < 4.78 is 13.3. The fraction of sp³-hybridized carbons (Fsp3) is 0.632. The second-order valence-electron chi connectivity index (χ2n) is 16.8. The first-order chi connectivity index (χ1) is 21.2. The summed E-state index contributed by atoms with van der Waals surface area (Å²) in [4.78, 5) is 27.8. The molecule has 2 aromatic carbocycles. The number of ether oxygens (including phenoxy) is 2. The fourth-order valence-corrected chi connectivity index (χ4v) is 10.8. The molecule has 7 atom stereocenters. The molecule has 7 aliphatic rings. The first-order valence-corrected chi connectivity index (χ1v) is 17.1. The van der Waals surface area contributed by atoms with Crippen LogP contribution in [-0.4, -0.2) is 52.7 Å². The third kappa shape index (κ3) is 3.89. The second-order valence-corrected chi connectivity index (χ2v) is 16.8. The molecule has 4 bridgehead atoms. The lowest BCUT2D eigenvalue weighted by molar-refractivity contribution is -0.276. The summed E-state index contributed by atoms with van der Waals surface area (Å²) in [6.07, 6.45) is 7.21. The van der Waals surface area contributed by atoms with Gasteiger partial charge in [0.05, 0.1) is 5.60 Å². The normalized spacial score (nSPS) is 35.7. The average molecular weight is 613 g/mol. The van der Waals surface area contributed by atoms with E-state index in [1.807, 2.05) is 6.07 Å². The molecule has 2 aromatic rings. The van der Waals surface area contributed by atoms with Crippen LogP contribution in [0.5, 0.6) is 11.5 Å². The second kappa shape index (κ2) is 9.34. The molecule has 4 saturated carbocycles. The molecule has 45 heavy (non-hydrogen) atoms. The van der Waals surface area contributed by atoms with Crippen LogP contribution >= 0.6 is 0 Å². The van der Waals surface area contributed by atoms with Crippen LogP contribution in [0.15, 0.2) is 36.4 Å². The van der Waals surface area contributed by atoms with Crippen LogP contribution < -0.4 is 14.8 Å². The third-order valence-electron chi connectivity index (χ3n) is 13.7. The molecule has 240 valence electrons. The Hall–Kier alpha value is -2.90. The lowest BCUT2D eigenvalue weighted by Crippen LogP contribution is -2.80. The standard InChI is InChI=1S/C38H48N2O5/c1-22(41)24-9-12-26(13-10-24)39-33(42)44-27-14-11-25-19-29-37-16-15-35(5,28(20-37)36(6,43)34(2,3)4)32-38(37,30(25)31(27)45-32)17-18-40(29)21-23-7-8-23/h9-14,23,28-29,32,43H,7-8,15-21H2,1-6H3,(H,39,42)/t28-,29+,32-,35+,36?,37+,38-/m0/s1. The van der Waals surface area contributed by atoms with Gasteiger partial charge >= 0.3 is 6.09 Å². The van der Waals surface area contributed by atoms with E-state index in [1.165, 1.54) is 37.4 Å². The Morgan fingerprint density at radius 2 is 1.80 bits per heavy atom. The number of anilines is 1. The number of carbonyl (C=O) groups excluding carboxylic acids is 2. The van der Waals surface area contributed by atoms with E-state index in [1.54, 1.807) is 24.3 Å². The maximum absolute atomic E-state index is 13.2. The van der Waals surface area contributed by atoms with E-state index < -0.39 is 11.7 Å². The molecule has 0 radical (unpaired) electrons. The Labute approximate surface area is 267 Å². The van der Waals surface area contributed by atoms with Gasteiger partial charge in [0.25, 0.3) is 0 Å². The number of ketones is 1. The molecule has 2 spiro atoms. The van der Waals surface area contributed by atoms with E-state index in [9.17, 15) is 14.7 Å². The number of Topliss-reactive ketones (excluding diaryl/α,β-unsaturated/α-hetero) is 1. The van der Waals surface area contributed by atoms with Gasteiger partial charge in [-0.2, -0.15) is 0 Å². The number of nitrogens with one attached hydrogen (secondary N) is 1. The smallest absolute Gasteiger partial charge is 0.417 e. The molecule has 1 saturated heterocycles. The van der Waals surface area contributed by atoms with Crippen molar-refractivity contribution in [1.82, 2.24) is 4.90 Å². The lowest BCUT2D eigenvalue weighted by Gasteiger charge is -2.75. The van der Waals surface area contributed by atoms with Crippen molar-refractivity contribution in [1.29, 1.82) is 0 Å². The van der Waals surface area contributed by atoms with Crippen molar-refractivity contribution in [2.45, 2.75) is 110 Å². The molecule has 1 unspecified atom stereocenters. The van der Waals surface area contributed by atoms with Gasteiger partial charge in [0.15, 0.2) is 17.3 Å². The number of hydrogen-bond donors (Lipinski definition) is 2. The van der Waals surface area contributed by atoms with E-state index in [-0.39, 0.29) is 39.5 Å². The van der Waals surface area contributed by atoms with Crippen molar-refractivity contribution < 1.29 is 24.2 Å². The Morgan fingerprint density at radius 3 is 2.47 bits per heavy atom. The number of amides is 1. The van der Waals surface area contributed by atoms with Crippen LogP contribution in [0.1, 0.15) is 102 Å². The largest absolute Gasteiger partial charge is 0.485 e. The predicted octanol–water partition coefficient (Wildman–Crippen LogP) is 7.14. The molecule has 2 aliphatic heterocycles. The van der Waals surface area contributed by atoms with Gasteiger partial charge in [-0.25, -0.2) is 4.79 Å². The quantitative estimate of drug-likeness (QED) is 0.337. The van der Waals surface area contributed by atoms with Crippen LogP contribution in [0, 0.1) is 28.1 Å². The molecule has 9 rings (SSSR count). The zero-order valence-corrected chi connectivity index (χ0v) is 27.7. The number of carbonyl (C=O) groups is 2. The Bertz CT molecular complexity index is 1590. The number of rotatable bonds is 6. The van der Waals surface area contributed by atoms with Gasteiger partial charge in [0.2, 0.25) is 0 Å². The number of hydrogen-bond acceptors (Lipinski definition) is 6.